The molecule has 2 aromatic rings. The summed E-state index contributed by atoms with van der Waals surface area (Å²) < 4.78 is 2.24. The maximum absolute atomic E-state index is 2.24. The van der Waals surface area contributed by atoms with Crippen molar-refractivity contribution in [2.24, 2.45) is 0 Å². The molecule has 0 aromatic heterocycles. The first-order chi connectivity index (χ1) is 8.25. The van der Waals surface area contributed by atoms with Gasteiger partial charge in [0.05, 0.1) is 0 Å². The number of hydrogen-bond acceptors (Lipinski definition) is 1. The third-order valence-electron chi connectivity index (χ3n) is 2.60. The Bertz CT molecular complexity index is 471. The van der Waals surface area contributed by atoms with Crippen molar-refractivity contribution in [3.05, 3.63) is 65.7 Å². The minimum atomic E-state index is 0. The van der Waals surface area contributed by atoms with E-state index in [2.05, 4.69) is 73.4 Å². The molecular formula is C15H19ClNP. The fourth-order valence-electron chi connectivity index (χ4n) is 1.84. The van der Waals surface area contributed by atoms with E-state index in [4.69, 9.17) is 0 Å². The van der Waals surface area contributed by atoms with E-state index >= 15 is 0 Å². The first-order valence-electron chi connectivity index (χ1n) is 5.81. The largest absolute Gasteiger partial charge is 0.287 e. The van der Waals surface area contributed by atoms with E-state index in [0.717, 1.165) is 15.2 Å². The zero-order valence-corrected chi connectivity index (χ0v) is 12.6. The molecule has 0 saturated carbocycles. The fraction of sp³-hybridized carbons (Fsp3) is 0.200. The van der Waals surface area contributed by atoms with Crippen LogP contribution < -0.4 is 5.30 Å². The predicted octanol–water partition coefficient (Wildman–Crippen LogP) is 3.48. The summed E-state index contributed by atoms with van der Waals surface area (Å²) in [5, 5.41) is 1.45. The lowest BCUT2D eigenvalue weighted by Crippen LogP contribution is -2.11. The molecule has 1 nitrogen and oxygen atoms in total. The molecule has 3 heteroatoms. The second-order valence-electron chi connectivity index (χ2n) is 4.33. The minimum absolute atomic E-state index is 0. The van der Waals surface area contributed by atoms with Gasteiger partial charge in [-0.1, -0.05) is 54.6 Å². The summed E-state index contributed by atoms with van der Waals surface area (Å²) in [7, 11) is 4.99. The number of rotatable bonds is 4. The minimum Gasteiger partial charge on any atom is -0.287 e. The van der Waals surface area contributed by atoms with Crippen LogP contribution in [0.25, 0.3) is 0 Å². The lowest BCUT2D eigenvalue weighted by molar-refractivity contribution is 0.696. The summed E-state index contributed by atoms with van der Waals surface area (Å²) in [5.74, 6) is 0. The van der Waals surface area contributed by atoms with Gasteiger partial charge in [-0.05, 0) is 45.7 Å². The maximum Gasteiger partial charge on any atom is -0.00191 e. The summed E-state index contributed by atoms with van der Waals surface area (Å²) in [6, 6.07) is 19.4. The Kier molecular flexibility index (Phi) is 6.35. The normalized spacial score (nSPS) is 10.8. The molecule has 0 spiro atoms. The molecule has 0 saturated heterocycles. The van der Waals surface area contributed by atoms with Crippen molar-refractivity contribution in [3.8, 4) is 0 Å². The highest BCUT2D eigenvalue weighted by molar-refractivity contribution is 7.44. The van der Waals surface area contributed by atoms with Gasteiger partial charge in [0.25, 0.3) is 0 Å². The van der Waals surface area contributed by atoms with Gasteiger partial charge in [0, 0.05) is 0 Å². The first-order valence-corrected chi connectivity index (χ1v) is 6.76. The molecule has 0 aliphatic carbocycles. The van der Waals surface area contributed by atoms with Crippen LogP contribution in [0.15, 0.2) is 54.6 Å². The topological polar surface area (TPSA) is 3.24 Å². The van der Waals surface area contributed by atoms with Crippen molar-refractivity contribution in [2.75, 3.05) is 14.1 Å². The van der Waals surface area contributed by atoms with Gasteiger partial charge in [-0.3, -0.25) is 4.67 Å². The molecule has 0 N–H and O–H groups in total. The van der Waals surface area contributed by atoms with Gasteiger partial charge in [0.1, 0.15) is 0 Å². The van der Waals surface area contributed by atoms with Crippen LogP contribution in [0.4, 0.5) is 0 Å². The zero-order chi connectivity index (χ0) is 12.1. The van der Waals surface area contributed by atoms with E-state index in [1.165, 1.54) is 16.4 Å². The first kappa shape index (κ1) is 15.2. The Hall–Kier alpha value is -0.880. The number of benzene rings is 2. The van der Waals surface area contributed by atoms with Crippen LogP contribution in [0.2, 0.25) is 0 Å². The van der Waals surface area contributed by atoms with Crippen molar-refractivity contribution < 1.29 is 0 Å². The van der Waals surface area contributed by atoms with E-state index in [1.54, 1.807) is 0 Å². The Morgan fingerprint density at radius 2 is 1.50 bits per heavy atom. The van der Waals surface area contributed by atoms with Crippen LogP contribution in [0.3, 0.4) is 0 Å². The molecule has 0 fully saturated rings. The van der Waals surface area contributed by atoms with E-state index in [-0.39, 0.29) is 12.4 Å². The molecular weight excluding hydrogens is 261 g/mol. The number of nitrogens with zero attached hydrogens (tertiary/aromatic N) is 1. The Labute approximate surface area is 117 Å². The quantitative estimate of drug-likeness (QED) is 0.775. The molecule has 96 valence electrons. The Balaban J connectivity index is 0.00000162. The molecule has 2 aromatic carbocycles. The number of hydrogen-bond donors (Lipinski definition) is 0. The van der Waals surface area contributed by atoms with Crippen LogP contribution in [0.1, 0.15) is 11.1 Å². The third-order valence-corrected chi connectivity index (χ3v) is 3.77. The van der Waals surface area contributed by atoms with Crippen LogP contribution in [-0.4, -0.2) is 18.8 Å². The SMILES string of the molecule is CN(C)Pc1ccccc1Cc1ccccc1.Cl. The van der Waals surface area contributed by atoms with Crippen LogP contribution in [-0.2, 0) is 6.42 Å². The second kappa shape index (κ2) is 7.53. The van der Waals surface area contributed by atoms with Crippen molar-refractivity contribution >= 4 is 26.4 Å². The number of halogens is 1. The van der Waals surface area contributed by atoms with E-state index in [1.807, 2.05) is 0 Å². The third kappa shape index (κ3) is 4.42. The van der Waals surface area contributed by atoms with E-state index in [0.29, 0.717) is 0 Å². The Morgan fingerprint density at radius 3 is 2.17 bits per heavy atom. The fourth-order valence-corrected chi connectivity index (χ4v) is 2.81. The van der Waals surface area contributed by atoms with Crippen molar-refractivity contribution in [3.63, 3.8) is 0 Å². The Morgan fingerprint density at radius 1 is 0.889 bits per heavy atom. The zero-order valence-electron chi connectivity index (χ0n) is 10.8. The van der Waals surface area contributed by atoms with Crippen LogP contribution in [0.5, 0.6) is 0 Å². The highest BCUT2D eigenvalue weighted by atomic mass is 35.5. The molecule has 18 heavy (non-hydrogen) atoms. The molecule has 0 amide bonds. The summed E-state index contributed by atoms with van der Waals surface area (Å²) >= 11 is 0. The molecule has 0 heterocycles. The standard InChI is InChI=1S/C15H18NP.ClH/c1-16(2)17-15-11-7-6-10-14(15)12-13-8-4-3-5-9-13;/h3-11,17H,12H2,1-2H3;1H. The monoisotopic (exact) mass is 279 g/mol. The van der Waals surface area contributed by atoms with Crippen LogP contribution >= 0.6 is 21.1 Å². The van der Waals surface area contributed by atoms with Gasteiger partial charge in [0.2, 0.25) is 0 Å². The van der Waals surface area contributed by atoms with Gasteiger partial charge >= 0.3 is 0 Å². The highest BCUT2D eigenvalue weighted by Crippen LogP contribution is 2.17. The van der Waals surface area contributed by atoms with Crippen molar-refractivity contribution in [1.29, 1.82) is 0 Å². The molecule has 0 radical (unpaired) electrons. The van der Waals surface area contributed by atoms with Gasteiger partial charge in [-0.15, -0.1) is 12.4 Å². The maximum atomic E-state index is 2.24. The lowest BCUT2D eigenvalue weighted by Gasteiger charge is -2.14. The summed E-state index contributed by atoms with van der Waals surface area (Å²) in [6.45, 7) is 0. The highest BCUT2D eigenvalue weighted by Gasteiger charge is 2.03. The molecule has 1 atom stereocenters. The van der Waals surface area contributed by atoms with Crippen LogP contribution in [0, 0.1) is 0 Å². The molecule has 2 rings (SSSR count). The summed E-state index contributed by atoms with van der Waals surface area (Å²) in [5.41, 5.74) is 2.81. The van der Waals surface area contributed by atoms with Gasteiger partial charge in [-0.25, -0.2) is 0 Å². The van der Waals surface area contributed by atoms with E-state index in [9.17, 15) is 0 Å². The molecule has 0 aliphatic rings. The predicted molar refractivity (Wildman–Crippen MR) is 84.6 cm³/mol. The van der Waals surface area contributed by atoms with Crippen molar-refractivity contribution in [2.45, 2.75) is 6.42 Å². The average molecular weight is 280 g/mol. The van der Waals surface area contributed by atoms with Crippen molar-refractivity contribution in [1.82, 2.24) is 4.67 Å². The van der Waals surface area contributed by atoms with Gasteiger partial charge in [0.15, 0.2) is 0 Å². The second-order valence-corrected chi connectivity index (χ2v) is 5.98. The molecule has 1 unspecified atom stereocenters. The van der Waals surface area contributed by atoms with E-state index < -0.39 is 0 Å². The summed E-state index contributed by atoms with van der Waals surface area (Å²) in [4.78, 5) is 0. The molecule has 0 aliphatic heterocycles. The smallest absolute Gasteiger partial charge is 0.00191 e. The average Bonchev–Trinajstić information content (AvgIpc) is 2.32. The lowest BCUT2D eigenvalue weighted by atomic mass is 10.1. The molecule has 0 bridgehead atoms. The summed E-state index contributed by atoms with van der Waals surface area (Å²) in [6.07, 6.45) is 1.03. The van der Waals surface area contributed by atoms with Gasteiger partial charge in [-0.2, -0.15) is 0 Å². The van der Waals surface area contributed by atoms with Gasteiger partial charge < -0.3 is 0 Å².